The average molecular weight is 292 g/mol. The summed E-state index contributed by atoms with van der Waals surface area (Å²) in [6, 6.07) is 8.49. The summed E-state index contributed by atoms with van der Waals surface area (Å²) in [6.07, 6.45) is 0. The fraction of sp³-hybridized carbons (Fsp3) is 0.429. The van der Waals surface area contributed by atoms with Gasteiger partial charge >= 0.3 is 5.69 Å². The van der Waals surface area contributed by atoms with Gasteiger partial charge in [-0.05, 0) is 51.2 Å². The Balaban J connectivity index is 2.38. The maximum Gasteiger partial charge on any atom is 0.344 e. The molecule has 1 unspecified atom stereocenters. The van der Waals surface area contributed by atoms with Crippen molar-refractivity contribution < 1.29 is 0 Å². The SMILES string of the molecule is CNC(C)c1ccccc1Sc1n[nH]c(=O)n1C(C)C. The van der Waals surface area contributed by atoms with Crippen molar-refractivity contribution in [1.82, 2.24) is 20.1 Å². The van der Waals surface area contributed by atoms with Gasteiger partial charge in [0, 0.05) is 17.0 Å². The lowest BCUT2D eigenvalue weighted by atomic mass is 10.1. The van der Waals surface area contributed by atoms with Gasteiger partial charge in [0.05, 0.1) is 0 Å². The third-order valence-electron chi connectivity index (χ3n) is 3.21. The first-order valence-corrected chi connectivity index (χ1v) is 7.47. The number of nitrogens with one attached hydrogen (secondary N) is 2. The number of benzene rings is 1. The molecule has 20 heavy (non-hydrogen) atoms. The van der Waals surface area contributed by atoms with E-state index in [1.54, 1.807) is 4.57 Å². The van der Waals surface area contributed by atoms with Gasteiger partial charge in [-0.1, -0.05) is 18.2 Å². The Morgan fingerprint density at radius 1 is 1.30 bits per heavy atom. The second-order valence-corrected chi connectivity index (χ2v) is 5.93. The molecule has 0 saturated carbocycles. The number of rotatable bonds is 5. The third kappa shape index (κ3) is 2.96. The Labute approximate surface area is 122 Å². The van der Waals surface area contributed by atoms with E-state index in [2.05, 4.69) is 34.6 Å². The van der Waals surface area contributed by atoms with Crippen LogP contribution in [0.5, 0.6) is 0 Å². The molecule has 0 aliphatic rings. The predicted molar refractivity (Wildman–Crippen MR) is 81.3 cm³/mol. The average Bonchev–Trinajstić information content (AvgIpc) is 2.79. The molecule has 1 atom stereocenters. The molecule has 0 fully saturated rings. The van der Waals surface area contributed by atoms with E-state index in [-0.39, 0.29) is 17.8 Å². The van der Waals surface area contributed by atoms with Crippen molar-refractivity contribution >= 4 is 11.8 Å². The second kappa shape index (κ2) is 6.28. The number of H-pyrrole nitrogens is 1. The molecular formula is C14H20N4OS. The van der Waals surface area contributed by atoms with Crippen LogP contribution < -0.4 is 11.0 Å². The number of hydrogen-bond acceptors (Lipinski definition) is 4. The summed E-state index contributed by atoms with van der Waals surface area (Å²) >= 11 is 1.51. The molecule has 0 radical (unpaired) electrons. The summed E-state index contributed by atoms with van der Waals surface area (Å²) in [5, 5.41) is 10.6. The Morgan fingerprint density at radius 3 is 2.65 bits per heavy atom. The van der Waals surface area contributed by atoms with Gasteiger partial charge in [0.15, 0.2) is 5.16 Å². The quantitative estimate of drug-likeness (QED) is 0.889. The van der Waals surface area contributed by atoms with Crippen LogP contribution in [0.2, 0.25) is 0 Å². The molecule has 1 aromatic carbocycles. The molecule has 0 saturated heterocycles. The monoisotopic (exact) mass is 292 g/mol. The first-order chi connectivity index (χ1) is 9.54. The van der Waals surface area contributed by atoms with Crippen molar-refractivity contribution in [1.29, 1.82) is 0 Å². The van der Waals surface area contributed by atoms with Crippen LogP contribution in [0.15, 0.2) is 39.1 Å². The van der Waals surface area contributed by atoms with Crippen molar-refractivity contribution in [2.45, 2.75) is 42.9 Å². The van der Waals surface area contributed by atoms with E-state index in [1.807, 2.05) is 33.0 Å². The Hall–Kier alpha value is -1.53. The Bertz CT molecular complexity index is 632. The molecule has 0 aliphatic heterocycles. The molecule has 108 valence electrons. The minimum atomic E-state index is -0.165. The minimum absolute atomic E-state index is 0.0811. The summed E-state index contributed by atoms with van der Waals surface area (Å²) in [7, 11) is 1.94. The van der Waals surface area contributed by atoms with Gasteiger partial charge in [-0.3, -0.25) is 4.57 Å². The summed E-state index contributed by atoms with van der Waals surface area (Å²) in [4.78, 5) is 12.9. The van der Waals surface area contributed by atoms with Crippen LogP contribution in [-0.4, -0.2) is 21.8 Å². The van der Waals surface area contributed by atoms with Crippen molar-refractivity contribution in [2.24, 2.45) is 0 Å². The maximum atomic E-state index is 11.8. The van der Waals surface area contributed by atoms with Crippen molar-refractivity contribution in [3.63, 3.8) is 0 Å². The molecule has 1 heterocycles. The van der Waals surface area contributed by atoms with Crippen LogP contribution >= 0.6 is 11.8 Å². The summed E-state index contributed by atoms with van der Waals surface area (Å²) in [5.41, 5.74) is 1.03. The highest BCUT2D eigenvalue weighted by Gasteiger charge is 2.15. The van der Waals surface area contributed by atoms with Crippen LogP contribution in [-0.2, 0) is 0 Å². The molecule has 0 spiro atoms. The predicted octanol–water partition coefficient (Wildman–Crippen LogP) is 2.58. The number of nitrogens with zero attached hydrogens (tertiary/aromatic N) is 2. The lowest BCUT2D eigenvalue weighted by Gasteiger charge is -2.15. The van der Waals surface area contributed by atoms with E-state index >= 15 is 0 Å². The zero-order chi connectivity index (χ0) is 14.7. The molecule has 2 N–H and O–H groups in total. The van der Waals surface area contributed by atoms with Crippen molar-refractivity contribution in [2.75, 3.05) is 7.05 Å². The van der Waals surface area contributed by atoms with Crippen LogP contribution in [0.1, 0.15) is 38.4 Å². The summed E-state index contributed by atoms with van der Waals surface area (Å²) in [5.74, 6) is 0. The van der Waals surface area contributed by atoms with Gasteiger partial charge in [-0.2, -0.15) is 0 Å². The largest absolute Gasteiger partial charge is 0.344 e. The van der Waals surface area contributed by atoms with Crippen LogP contribution in [0, 0.1) is 0 Å². The normalized spacial score (nSPS) is 12.8. The Kier molecular flexibility index (Phi) is 4.67. The number of aromatic nitrogens is 3. The molecule has 5 nitrogen and oxygen atoms in total. The van der Waals surface area contributed by atoms with Gasteiger partial charge in [-0.15, -0.1) is 5.10 Å². The molecular weight excluding hydrogens is 272 g/mol. The topological polar surface area (TPSA) is 62.7 Å². The highest BCUT2D eigenvalue weighted by atomic mass is 32.2. The maximum absolute atomic E-state index is 11.8. The summed E-state index contributed by atoms with van der Waals surface area (Å²) in [6.45, 7) is 6.06. The summed E-state index contributed by atoms with van der Waals surface area (Å²) < 4.78 is 1.67. The smallest absolute Gasteiger partial charge is 0.313 e. The molecule has 0 bridgehead atoms. The lowest BCUT2D eigenvalue weighted by molar-refractivity contribution is 0.534. The van der Waals surface area contributed by atoms with E-state index < -0.39 is 0 Å². The van der Waals surface area contributed by atoms with E-state index in [9.17, 15) is 4.79 Å². The zero-order valence-electron chi connectivity index (χ0n) is 12.2. The molecule has 0 amide bonds. The van der Waals surface area contributed by atoms with E-state index in [0.717, 1.165) is 4.90 Å². The molecule has 1 aromatic heterocycles. The van der Waals surface area contributed by atoms with Crippen LogP contribution in [0.4, 0.5) is 0 Å². The lowest BCUT2D eigenvalue weighted by Crippen LogP contribution is -2.19. The minimum Gasteiger partial charge on any atom is -0.313 e. The Morgan fingerprint density at radius 2 is 2.00 bits per heavy atom. The molecule has 0 aliphatic carbocycles. The van der Waals surface area contributed by atoms with Crippen molar-refractivity contribution in [3.05, 3.63) is 40.3 Å². The standard InChI is InChI=1S/C14H20N4OS/c1-9(2)18-13(19)16-17-14(18)20-12-8-6-5-7-11(12)10(3)15-4/h5-10,15H,1-4H3,(H,16,19). The van der Waals surface area contributed by atoms with Gasteiger partial charge in [0.1, 0.15) is 0 Å². The van der Waals surface area contributed by atoms with Gasteiger partial charge in [0.2, 0.25) is 0 Å². The number of hydrogen-bond donors (Lipinski definition) is 2. The third-order valence-corrected chi connectivity index (χ3v) is 4.27. The molecule has 6 heteroatoms. The molecule has 2 rings (SSSR count). The van der Waals surface area contributed by atoms with Crippen LogP contribution in [0.3, 0.4) is 0 Å². The van der Waals surface area contributed by atoms with E-state index in [0.29, 0.717) is 5.16 Å². The molecule has 2 aromatic rings. The van der Waals surface area contributed by atoms with Gasteiger partial charge in [0.25, 0.3) is 0 Å². The van der Waals surface area contributed by atoms with Crippen LogP contribution in [0.25, 0.3) is 0 Å². The zero-order valence-corrected chi connectivity index (χ0v) is 13.0. The van der Waals surface area contributed by atoms with Gasteiger partial charge < -0.3 is 5.32 Å². The number of aromatic amines is 1. The first kappa shape index (κ1) is 14.9. The highest BCUT2D eigenvalue weighted by molar-refractivity contribution is 7.99. The van der Waals surface area contributed by atoms with E-state index in [1.165, 1.54) is 17.3 Å². The second-order valence-electron chi connectivity index (χ2n) is 4.93. The van der Waals surface area contributed by atoms with Crippen molar-refractivity contribution in [3.8, 4) is 0 Å². The fourth-order valence-electron chi connectivity index (χ4n) is 2.00. The fourth-order valence-corrected chi connectivity index (χ4v) is 3.19. The highest BCUT2D eigenvalue weighted by Crippen LogP contribution is 2.32. The first-order valence-electron chi connectivity index (χ1n) is 6.65. The van der Waals surface area contributed by atoms with E-state index in [4.69, 9.17) is 0 Å². The van der Waals surface area contributed by atoms with Gasteiger partial charge in [-0.25, -0.2) is 9.89 Å².